The molecule has 2 amide bonds. The van der Waals surface area contributed by atoms with Gasteiger partial charge < -0.3 is 24.8 Å². The van der Waals surface area contributed by atoms with E-state index in [9.17, 15) is 9.59 Å². The van der Waals surface area contributed by atoms with Gasteiger partial charge in [-0.25, -0.2) is 0 Å². The molecule has 0 aliphatic rings. The van der Waals surface area contributed by atoms with Gasteiger partial charge in [-0.1, -0.05) is 17.7 Å². The molecule has 1 unspecified atom stereocenters. The van der Waals surface area contributed by atoms with Crippen molar-refractivity contribution in [2.24, 2.45) is 0 Å². The fourth-order valence-electron chi connectivity index (χ4n) is 2.86. The first kappa shape index (κ1) is 24.6. The predicted octanol–water partition coefficient (Wildman–Crippen LogP) is 3.52. The molecule has 2 aromatic rings. The van der Waals surface area contributed by atoms with Crippen molar-refractivity contribution >= 4 is 29.3 Å². The minimum atomic E-state index is -0.666. The Labute approximate surface area is 187 Å². The second kappa shape index (κ2) is 12.9. The van der Waals surface area contributed by atoms with Crippen LogP contribution in [0.3, 0.4) is 0 Å². The van der Waals surface area contributed by atoms with E-state index in [1.54, 1.807) is 56.3 Å². The summed E-state index contributed by atoms with van der Waals surface area (Å²) in [6, 6.07) is 11.8. The van der Waals surface area contributed by atoms with Crippen LogP contribution in [0.5, 0.6) is 11.5 Å². The fourth-order valence-corrected chi connectivity index (χ4v) is 3.34. The van der Waals surface area contributed by atoms with E-state index in [2.05, 4.69) is 10.6 Å². The lowest BCUT2D eigenvalue weighted by Gasteiger charge is -2.19. The number of carbonyl (C=O) groups is 2. The van der Waals surface area contributed by atoms with Crippen LogP contribution in [-0.4, -0.2) is 57.3 Å². The van der Waals surface area contributed by atoms with Crippen molar-refractivity contribution < 1.29 is 23.8 Å². The zero-order valence-corrected chi connectivity index (χ0v) is 19.2. The number of anilines is 1. The first-order valence-electron chi connectivity index (χ1n) is 9.95. The van der Waals surface area contributed by atoms with Gasteiger partial charge in [-0.3, -0.25) is 9.59 Å². The third-order valence-electron chi connectivity index (χ3n) is 4.49. The van der Waals surface area contributed by atoms with Gasteiger partial charge in [-0.05, 0) is 49.6 Å². The van der Waals surface area contributed by atoms with E-state index in [0.717, 1.165) is 11.3 Å². The third-order valence-corrected chi connectivity index (χ3v) is 5.13. The number of hydrogen-bond donors (Lipinski definition) is 2. The first-order chi connectivity index (χ1) is 15.0. The largest absolute Gasteiger partial charge is 0.493 e. The van der Waals surface area contributed by atoms with Crippen LogP contribution >= 0.6 is 11.8 Å². The number of carbonyl (C=O) groups excluding carboxylic acids is 2. The molecule has 8 heteroatoms. The fraction of sp³-hybridized carbons (Fsp3) is 0.391. The van der Waals surface area contributed by atoms with Gasteiger partial charge in [0, 0.05) is 24.4 Å². The van der Waals surface area contributed by atoms with E-state index in [1.165, 1.54) is 0 Å². The molecule has 7 nitrogen and oxygen atoms in total. The highest BCUT2D eigenvalue weighted by Gasteiger charge is 2.22. The summed E-state index contributed by atoms with van der Waals surface area (Å²) in [5.41, 5.74) is 2.06. The van der Waals surface area contributed by atoms with Gasteiger partial charge in [0.25, 0.3) is 5.91 Å². The van der Waals surface area contributed by atoms with Gasteiger partial charge >= 0.3 is 0 Å². The molecular formula is C23H30N2O5S. The number of hydrogen-bond acceptors (Lipinski definition) is 6. The van der Waals surface area contributed by atoms with Crippen LogP contribution in [0, 0.1) is 6.92 Å². The molecule has 168 valence electrons. The van der Waals surface area contributed by atoms with Crippen molar-refractivity contribution in [3.05, 3.63) is 53.6 Å². The maximum absolute atomic E-state index is 13.0. The summed E-state index contributed by atoms with van der Waals surface area (Å²) >= 11 is 1.62. The number of ether oxygens (including phenoxy) is 3. The smallest absolute Gasteiger partial charge is 0.251 e. The molecule has 0 fully saturated rings. The summed E-state index contributed by atoms with van der Waals surface area (Å²) in [5, 5.41) is 5.73. The lowest BCUT2D eigenvalue weighted by molar-refractivity contribution is -0.118. The number of aryl methyl sites for hydroxylation is 1. The van der Waals surface area contributed by atoms with Crippen LogP contribution in [0.1, 0.15) is 22.3 Å². The van der Waals surface area contributed by atoms with Gasteiger partial charge in [0.2, 0.25) is 5.91 Å². The Kier molecular flexibility index (Phi) is 10.2. The van der Waals surface area contributed by atoms with Crippen molar-refractivity contribution in [2.45, 2.75) is 19.4 Å². The molecule has 31 heavy (non-hydrogen) atoms. The van der Waals surface area contributed by atoms with E-state index in [-0.39, 0.29) is 11.8 Å². The van der Waals surface area contributed by atoms with Crippen LogP contribution in [0.2, 0.25) is 0 Å². The topological polar surface area (TPSA) is 85.9 Å². The molecule has 0 aliphatic carbocycles. The standard InChI is InChI=1S/C23H30N2O5S/c1-16-6-5-7-17(14-16)22(26)25-19(10-13-31-4)23(27)24-18-8-9-20(29-3)21(15-18)30-12-11-28-2/h5-9,14-15,19H,10-13H2,1-4H3,(H,24,27)(H,25,26). The van der Waals surface area contributed by atoms with Crippen LogP contribution in [-0.2, 0) is 9.53 Å². The van der Waals surface area contributed by atoms with Crippen molar-refractivity contribution in [3.8, 4) is 11.5 Å². The molecule has 0 saturated carbocycles. The molecule has 0 aromatic heterocycles. The number of benzene rings is 2. The summed E-state index contributed by atoms with van der Waals surface area (Å²) in [5.74, 6) is 1.23. The quantitative estimate of drug-likeness (QED) is 0.485. The number of methoxy groups -OCH3 is 2. The molecule has 0 radical (unpaired) electrons. The summed E-state index contributed by atoms with van der Waals surface area (Å²) < 4.78 is 16.0. The van der Waals surface area contributed by atoms with E-state index in [0.29, 0.717) is 42.4 Å². The van der Waals surface area contributed by atoms with E-state index < -0.39 is 6.04 Å². The minimum absolute atomic E-state index is 0.275. The van der Waals surface area contributed by atoms with Gasteiger partial charge in [-0.2, -0.15) is 11.8 Å². The van der Waals surface area contributed by atoms with Crippen molar-refractivity contribution in [3.63, 3.8) is 0 Å². The van der Waals surface area contributed by atoms with Gasteiger partial charge in [-0.15, -0.1) is 0 Å². The Morgan fingerprint density at radius 3 is 2.55 bits per heavy atom. The van der Waals surface area contributed by atoms with Crippen LogP contribution < -0.4 is 20.1 Å². The Hall–Kier alpha value is -2.71. The first-order valence-corrected chi connectivity index (χ1v) is 11.3. The van der Waals surface area contributed by atoms with E-state index >= 15 is 0 Å². The maximum Gasteiger partial charge on any atom is 0.251 e. The van der Waals surface area contributed by atoms with Crippen molar-refractivity contribution in [1.82, 2.24) is 5.32 Å². The number of thioether (sulfide) groups is 1. The van der Waals surface area contributed by atoms with Crippen molar-refractivity contribution in [1.29, 1.82) is 0 Å². The van der Waals surface area contributed by atoms with Gasteiger partial charge in [0.05, 0.1) is 13.7 Å². The van der Waals surface area contributed by atoms with E-state index in [1.807, 2.05) is 25.3 Å². The second-order valence-electron chi connectivity index (χ2n) is 6.87. The lowest BCUT2D eigenvalue weighted by atomic mass is 10.1. The SMILES string of the molecule is COCCOc1cc(NC(=O)C(CCSC)NC(=O)c2cccc(C)c2)ccc1OC. The minimum Gasteiger partial charge on any atom is -0.493 e. The highest BCUT2D eigenvalue weighted by molar-refractivity contribution is 7.98. The maximum atomic E-state index is 13.0. The number of nitrogens with one attached hydrogen (secondary N) is 2. The molecule has 0 saturated heterocycles. The van der Waals surface area contributed by atoms with E-state index in [4.69, 9.17) is 14.2 Å². The second-order valence-corrected chi connectivity index (χ2v) is 7.86. The Morgan fingerprint density at radius 2 is 1.87 bits per heavy atom. The normalized spacial score (nSPS) is 11.5. The number of rotatable bonds is 12. The Bertz CT molecular complexity index is 875. The number of amides is 2. The predicted molar refractivity (Wildman–Crippen MR) is 124 cm³/mol. The van der Waals surface area contributed by atoms with Crippen LogP contribution in [0.15, 0.2) is 42.5 Å². The zero-order valence-electron chi connectivity index (χ0n) is 18.4. The Balaban J connectivity index is 2.12. The van der Waals surface area contributed by atoms with Gasteiger partial charge in [0.1, 0.15) is 12.6 Å². The lowest BCUT2D eigenvalue weighted by Crippen LogP contribution is -2.44. The monoisotopic (exact) mass is 446 g/mol. The van der Waals surface area contributed by atoms with Crippen LogP contribution in [0.25, 0.3) is 0 Å². The summed E-state index contributed by atoms with van der Waals surface area (Å²) in [7, 11) is 3.15. The summed E-state index contributed by atoms with van der Waals surface area (Å²) in [6.45, 7) is 2.71. The molecule has 2 N–H and O–H groups in total. The van der Waals surface area contributed by atoms with Crippen molar-refractivity contribution in [2.75, 3.05) is 44.8 Å². The van der Waals surface area contributed by atoms with Crippen LogP contribution in [0.4, 0.5) is 5.69 Å². The Morgan fingerprint density at radius 1 is 1.06 bits per heavy atom. The summed E-state index contributed by atoms with van der Waals surface area (Å²) in [4.78, 5) is 25.6. The molecule has 0 spiro atoms. The molecular weight excluding hydrogens is 416 g/mol. The van der Waals surface area contributed by atoms with Gasteiger partial charge in [0.15, 0.2) is 11.5 Å². The molecule has 2 rings (SSSR count). The molecule has 0 heterocycles. The average Bonchev–Trinajstić information content (AvgIpc) is 2.76. The highest BCUT2D eigenvalue weighted by atomic mass is 32.2. The molecule has 2 aromatic carbocycles. The highest BCUT2D eigenvalue weighted by Crippen LogP contribution is 2.30. The molecule has 0 bridgehead atoms. The average molecular weight is 447 g/mol. The zero-order chi connectivity index (χ0) is 22.6. The summed E-state index contributed by atoms with van der Waals surface area (Å²) in [6.07, 6.45) is 2.47. The third kappa shape index (κ3) is 7.80. The molecule has 1 atom stereocenters. The molecule has 0 aliphatic heterocycles.